The van der Waals surface area contributed by atoms with Crippen molar-refractivity contribution in [3.8, 4) is 0 Å². The lowest BCUT2D eigenvalue weighted by molar-refractivity contribution is 0.100. The molecular weight excluding hydrogens is 240 g/mol. The number of primary amides is 1. The molecule has 19 heavy (non-hydrogen) atoms. The number of hydrogen-bond acceptors (Lipinski definition) is 4. The van der Waals surface area contributed by atoms with Gasteiger partial charge in [-0.1, -0.05) is 6.42 Å². The van der Waals surface area contributed by atoms with E-state index in [0.717, 1.165) is 18.5 Å². The lowest BCUT2D eigenvalue weighted by Gasteiger charge is -2.39. The molecule has 0 spiro atoms. The summed E-state index contributed by atoms with van der Waals surface area (Å²) in [6, 6.07) is 5.96. The average Bonchev–Trinajstić information content (AvgIpc) is 2.35. The fourth-order valence-electron chi connectivity index (χ4n) is 2.59. The minimum absolute atomic E-state index is 0.442. The lowest BCUT2D eigenvalue weighted by Crippen LogP contribution is -2.47. The zero-order valence-corrected chi connectivity index (χ0v) is 11.5. The minimum Gasteiger partial charge on any atom is -0.397 e. The Morgan fingerprint density at radius 2 is 1.95 bits per heavy atom. The van der Waals surface area contributed by atoms with Gasteiger partial charge in [-0.25, -0.2) is 5.01 Å². The van der Waals surface area contributed by atoms with Crippen LogP contribution in [0.4, 0.5) is 11.4 Å². The molecule has 104 valence electrons. The van der Waals surface area contributed by atoms with E-state index in [2.05, 4.69) is 24.3 Å². The van der Waals surface area contributed by atoms with Crippen LogP contribution in [-0.4, -0.2) is 23.0 Å². The van der Waals surface area contributed by atoms with Crippen molar-refractivity contribution in [1.82, 2.24) is 5.01 Å². The summed E-state index contributed by atoms with van der Waals surface area (Å²) >= 11 is 0. The van der Waals surface area contributed by atoms with Crippen LogP contribution in [0.5, 0.6) is 0 Å². The van der Waals surface area contributed by atoms with Gasteiger partial charge in [0.25, 0.3) is 0 Å². The molecule has 2 unspecified atom stereocenters. The molecule has 0 saturated carbocycles. The molecule has 1 heterocycles. The van der Waals surface area contributed by atoms with E-state index in [1.165, 1.54) is 6.42 Å². The van der Waals surface area contributed by atoms with Gasteiger partial charge < -0.3 is 16.9 Å². The maximum absolute atomic E-state index is 11.2. The normalized spacial score (nSPS) is 24.1. The molecule has 0 aliphatic carbocycles. The number of rotatable bonds is 3. The Labute approximate surface area is 113 Å². The lowest BCUT2D eigenvalue weighted by atomic mass is 10.00. The molecule has 1 aliphatic heterocycles. The minimum atomic E-state index is -0.442. The number of amides is 1. The van der Waals surface area contributed by atoms with E-state index < -0.39 is 5.91 Å². The molecule has 2 rings (SSSR count). The molecule has 5 nitrogen and oxygen atoms in total. The number of anilines is 2. The maximum atomic E-state index is 11.2. The molecule has 1 saturated heterocycles. The van der Waals surface area contributed by atoms with Gasteiger partial charge in [0, 0.05) is 17.6 Å². The summed E-state index contributed by atoms with van der Waals surface area (Å²) in [6.07, 6.45) is 3.57. The molecule has 5 heteroatoms. The first-order valence-corrected chi connectivity index (χ1v) is 6.73. The highest BCUT2D eigenvalue weighted by atomic mass is 16.1. The molecule has 0 bridgehead atoms. The number of carbonyl (C=O) groups excluding carboxylic acids is 1. The third-order valence-corrected chi connectivity index (χ3v) is 3.78. The predicted molar refractivity (Wildman–Crippen MR) is 77.6 cm³/mol. The van der Waals surface area contributed by atoms with E-state index in [1.54, 1.807) is 18.2 Å². The number of nitrogens with two attached hydrogens (primary N) is 2. The Balaban J connectivity index is 2.21. The fraction of sp³-hybridized carbons (Fsp3) is 0.500. The van der Waals surface area contributed by atoms with Gasteiger partial charge in [-0.2, -0.15) is 0 Å². The van der Waals surface area contributed by atoms with Crippen LogP contribution in [0, 0.1) is 0 Å². The average molecular weight is 262 g/mol. The topological polar surface area (TPSA) is 84.4 Å². The van der Waals surface area contributed by atoms with Crippen molar-refractivity contribution < 1.29 is 4.79 Å². The monoisotopic (exact) mass is 262 g/mol. The summed E-state index contributed by atoms with van der Waals surface area (Å²) in [7, 11) is 0. The second-order valence-corrected chi connectivity index (χ2v) is 5.31. The predicted octanol–water partition coefficient (Wildman–Crippen LogP) is 1.96. The van der Waals surface area contributed by atoms with E-state index in [9.17, 15) is 4.79 Å². The number of hydrogen-bond donors (Lipinski definition) is 3. The molecule has 1 amide bonds. The van der Waals surface area contributed by atoms with Gasteiger partial charge in [0.1, 0.15) is 0 Å². The van der Waals surface area contributed by atoms with Crippen LogP contribution < -0.4 is 16.9 Å². The summed E-state index contributed by atoms with van der Waals surface area (Å²) < 4.78 is 0. The van der Waals surface area contributed by atoms with E-state index in [1.807, 2.05) is 0 Å². The van der Waals surface area contributed by atoms with Crippen LogP contribution in [0.3, 0.4) is 0 Å². The Morgan fingerprint density at radius 3 is 2.53 bits per heavy atom. The highest BCUT2D eigenvalue weighted by molar-refractivity contribution is 5.94. The van der Waals surface area contributed by atoms with Crippen molar-refractivity contribution in [3.63, 3.8) is 0 Å². The third kappa shape index (κ3) is 2.98. The van der Waals surface area contributed by atoms with Crippen molar-refractivity contribution >= 4 is 17.3 Å². The Kier molecular flexibility index (Phi) is 3.95. The highest BCUT2D eigenvalue weighted by Crippen LogP contribution is 2.26. The molecule has 1 aromatic rings. The van der Waals surface area contributed by atoms with Gasteiger partial charge >= 0.3 is 0 Å². The Hall–Kier alpha value is -1.75. The number of hydrazine groups is 1. The second-order valence-electron chi connectivity index (χ2n) is 5.31. The van der Waals surface area contributed by atoms with Crippen molar-refractivity contribution in [3.05, 3.63) is 23.8 Å². The number of piperidine rings is 1. The highest BCUT2D eigenvalue weighted by Gasteiger charge is 2.25. The van der Waals surface area contributed by atoms with Gasteiger partial charge in [-0.05, 0) is 44.9 Å². The summed E-state index contributed by atoms with van der Waals surface area (Å²) in [5.41, 5.74) is 16.4. The second kappa shape index (κ2) is 5.48. The largest absolute Gasteiger partial charge is 0.397 e. The number of carbonyl (C=O) groups is 1. The van der Waals surface area contributed by atoms with Crippen LogP contribution in [0.15, 0.2) is 18.2 Å². The van der Waals surface area contributed by atoms with Crippen molar-refractivity contribution in [2.24, 2.45) is 5.73 Å². The zero-order valence-electron chi connectivity index (χ0n) is 11.5. The summed E-state index contributed by atoms with van der Waals surface area (Å²) in [6.45, 7) is 4.38. The fourth-order valence-corrected chi connectivity index (χ4v) is 2.59. The van der Waals surface area contributed by atoms with Gasteiger partial charge in [-0.3, -0.25) is 4.79 Å². The number of benzene rings is 1. The standard InChI is InChI=1S/C14H22N4O/c1-9-4-3-5-10(2)18(9)17-13-8-11(14(16)19)6-7-12(13)15/h6-10,17H,3-5,15H2,1-2H3,(H2,16,19). The van der Waals surface area contributed by atoms with E-state index in [0.29, 0.717) is 23.3 Å². The molecule has 1 aromatic carbocycles. The van der Waals surface area contributed by atoms with Crippen molar-refractivity contribution in [2.75, 3.05) is 11.2 Å². The van der Waals surface area contributed by atoms with Gasteiger partial charge in [0.2, 0.25) is 5.91 Å². The van der Waals surface area contributed by atoms with Gasteiger partial charge in [-0.15, -0.1) is 0 Å². The van der Waals surface area contributed by atoms with E-state index in [-0.39, 0.29) is 0 Å². The Morgan fingerprint density at radius 1 is 1.32 bits per heavy atom. The molecule has 5 N–H and O–H groups in total. The summed E-state index contributed by atoms with van der Waals surface area (Å²) in [5, 5.41) is 2.21. The Bertz CT molecular complexity index is 465. The summed E-state index contributed by atoms with van der Waals surface area (Å²) in [5.74, 6) is -0.442. The maximum Gasteiger partial charge on any atom is 0.248 e. The first kappa shape index (κ1) is 13.7. The number of nitrogens with one attached hydrogen (secondary N) is 1. The van der Waals surface area contributed by atoms with E-state index >= 15 is 0 Å². The molecule has 0 radical (unpaired) electrons. The van der Waals surface area contributed by atoms with Gasteiger partial charge in [0.15, 0.2) is 0 Å². The molecule has 1 fully saturated rings. The van der Waals surface area contributed by atoms with Crippen molar-refractivity contribution in [2.45, 2.75) is 45.2 Å². The van der Waals surface area contributed by atoms with Crippen LogP contribution in [0.25, 0.3) is 0 Å². The number of nitrogens with zero attached hydrogens (tertiary/aromatic N) is 1. The van der Waals surface area contributed by atoms with Crippen molar-refractivity contribution in [1.29, 1.82) is 0 Å². The first-order chi connectivity index (χ1) is 8.99. The van der Waals surface area contributed by atoms with Crippen LogP contribution >= 0.6 is 0 Å². The smallest absolute Gasteiger partial charge is 0.248 e. The zero-order chi connectivity index (χ0) is 14.0. The molecule has 2 atom stereocenters. The first-order valence-electron chi connectivity index (χ1n) is 6.73. The number of nitrogen functional groups attached to an aromatic ring is 1. The van der Waals surface area contributed by atoms with Gasteiger partial charge in [0.05, 0.1) is 11.4 Å². The summed E-state index contributed by atoms with van der Waals surface area (Å²) in [4.78, 5) is 11.2. The third-order valence-electron chi connectivity index (χ3n) is 3.78. The quantitative estimate of drug-likeness (QED) is 0.727. The molecule has 1 aliphatic rings. The molecular formula is C14H22N4O. The van der Waals surface area contributed by atoms with Crippen LogP contribution in [0.2, 0.25) is 0 Å². The SMILES string of the molecule is CC1CCCC(C)N1Nc1cc(C(N)=O)ccc1N. The molecule has 0 aromatic heterocycles. The van der Waals surface area contributed by atoms with E-state index in [4.69, 9.17) is 11.5 Å². The van der Waals surface area contributed by atoms with Crippen LogP contribution in [0.1, 0.15) is 43.5 Å². The van der Waals surface area contributed by atoms with Crippen LogP contribution in [-0.2, 0) is 0 Å².